The number of carbonyl (C=O) groups is 2. The number of nitrogens with zero attached hydrogens (tertiary/aromatic N) is 3. The van der Waals surface area contributed by atoms with E-state index in [1.54, 1.807) is 7.11 Å². The molecule has 8 nitrogen and oxygen atoms in total. The fraction of sp³-hybridized carbons (Fsp3) is 0.200. The second-order valence-corrected chi connectivity index (χ2v) is 8.82. The molecule has 0 spiro atoms. The van der Waals surface area contributed by atoms with Gasteiger partial charge < -0.3 is 24.4 Å². The summed E-state index contributed by atoms with van der Waals surface area (Å²) in [5.74, 6) is -1.62. The smallest absolute Gasteiger partial charge is 0.328 e. The number of rotatable bonds is 7. The molecule has 0 atom stereocenters. The zero-order valence-electron chi connectivity index (χ0n) is 21.2. The Bertz CT molecular complexity index is 1390. The fourth-order valence-corrected chi connectivity index (χ4v) is 4.59. The van der Waals surface area contributed by atoms with Crippen molar-refractivity contribution in [3.8, 4) is 11.4 Å². The minimum Gasteiger partial charge on any atom is -0.495 e. The van der Waals surface area contributed by atoms with Crippen molar-refractivity contribution in [2.24, 2.45) is 0 Å². The molecule has 2 heterocycles. The number of fused-ring (bicyclic) bond motifs is 1. The van der Waals surface area contributed by atoms with Crippen molar-refractivity contribution in [2.75, 3.05) is 38.2 Å². The van der Waals surface area contributed by atoms with E-state index in [1.807, 2.05) is 12.1 Å². The largest absolute Gasteiger partial charge is 0.495 e. The maximum absolute atomic E-state index is 9.55. The Labute approximate surface area is 221 Å². The van der Waals surface area contributed by atoms with Gasteiger partial charge in [0.2, 0.25) is 0 Å². The number of carboxylic acid groups (broad SMARTS) is 2. The molecular weight excluding hydrogens is 482 g/mol. The molecule has 1 saturated heterocycles. The number of methoxy groups -OCH3 is 1. The predicted octanol–water partition coefficient (Wildman–Crippen LogP) is 4.67. The number of carboxylic acids is 2. The molecule has 8 heteroatoms. The van der Waals surface area contributed by atoms with Crippen molar-refractivity contribution < 1.29 is 24.5 Å². The minimum atomic E-state index is -1.26. The molecule has 1 aromatic heterocycles. The van der Waals surface area contributed by atoms with Gasteiger partial charge in [0.25, 0.3) is 0 Å². The molecule has 1 fully saturated rings. The Morgan fingerprint density at radius 2 is 1.42 bits per heavy atom. The van der Waals surface area contributed by atoms with Gasteiger partial charge in [0.05, 0.1) is 18.3 Å². The van der Waals surface area contributed by atoms with Crippen molar-refractivity contribution >= 4 is 28.5 Å². The SMILES string of the molecule is COc1ccccc1-n1cc(CN2CCN(c3ccccc3)CC2)c2ccccc21.O=C(O)/C=C/C(=O)O. The van der Waals surface area contributed by atoms with Gasteiger partial charge in [0, 0.05) is 62.1 Å². The van der Waals surface area contributed by atoms with E-state index in [0.717, 1.165) is 44.2 Å². The monoisotopic (exact) mass is 513 g/mol. The Kier molecular flexibility index (Phi) is 8.79. The van der Waals surface area contributed by atoms with Crippen molar-refractivity contribution in [1.82, 2.24) is 9.47 Å². The summed E-state index contributed by atoms with van der Waals surface area (Å²) in [6.45, 7) is 5.24. The Morgan fingerprint density at radius 1 is 0.816 bits per heavy atom. The molecule has 0 saturated carbocycles. The van der Waals surface area contributed by atoms with Crippen LogP contribution in [0.3, 0.4) is 0 Å². The van der Waals surface area contributed by atoms with Crippen LogP contribution in [0.1, 0.15) is 5.56 Å². The molecule has 196 valence electrons. The van der Waals surface area contributed by atoms with E-state index in [0.29, 0.717) is 12.2 Å². The molecule has 5 rings (SSSR count). The van der Waals surface area contributed by atoms with Crippen LogP contribution < -0.4 is 9.64 Å². The highest BCUT2D eigenvalue weighted by Crippen LogP contribution is 2.30. The lowest BCUT2D eigenvalue weighted by Crippen LogP contribution is -2.45. The second kappa shape index (κ2) is 12.6. The molecule has 0 amide bonds. The van der Waals surface area contributed by atoms with Gasteiger partial charge >= 0.3 is 11.9 Å². The van der Waals surface area contributed by atoms with Crippen LogP contribution in [0.25, 0.3) is 16.6 Å². The van der Waals surface area contributed by atoms with E-state index in [4.69, 9.17) is 14.9 Å². The van der Waals surface area contributed by atoms with Gasteiger partial charge in [-0.05, 0) is 35.9 Å². The normalized spacial score (nSPS) is 13.8. The minimum absolute atomic E-state index is 0.558. The number of piperazine rings is 1. The van der Waals surface area contributed by atoms with Crippen molar-refractivity contribution in [2.45, 2.75) is 6.54 Å². The van der Waals surface area contributed by atoms with Crippen LogP contribution in [0, 0.1) is 0 Å². The van der Waals surface area contributed by atoms with Gasteiger partial charge in [-0.1, -0.05) is 48.5 Å². The molecule has 4 aromatic rings. The van der Waals surface area contributed by atoms with Crippen LogP contribution in [-0.4, -0.2) is 64.9 Å². The Morgan fingerprint density at radius 3 is 2.08 bits per heavy atom. The third kappa shape index (κ3) is 6.60. The van der Waals surface area contributed by atoms with Crippen molar-refractivity contribution in [1.29, 1.82) is 0 Å². The summed E-state index contributed by atoms with van der Waals surface area (Å²) in [6.07, 6.45) is 3.40. The summed E-state index contributed by atoms with van der Waals surface area (Å²) in [4.78, 5) is 24.2. The third-order valence-electron chi connectivity index (χ3n) is 6.40. The molecule has 0 radical (unpaired) electrons. The molecule has 1 aliphatic rings. The highest BCUT2D eigenvalue weighted by atomic mass is 16.5. The second-order valence-electron chi connectivity index (χ2n) is 8.82. The van der Waals surface area contributed by atoms with Crippen LogP contribution in [0.4, 0.5) is 5.69 Å². The lowest BCUT2D eigenvalue weighted by atomic mass is 10.1. The maximum Gasteiger partial charge on any atom is 0.328 e. The first-order valence-corrected chi connectivity index (χ1v) is 12.3. The topological polar surface area (TPSA) is 95.2 Å². The van der Waals surface area contributed by atoms with E-state index >= 15 is 0 Å². The van der Waals surface area contributed by atoms with Gasteiger partial charge in [-0.25, -0.2) is 9.59 Å². The lowest BCUT2D eigenvalue weighted by molar-refractivity contribution is -0.134. The summed E-state index contributed by atoms with van der Waals surface area (Å²) in [7, 11) is 1.73. The first-order chi connectivity index (χ1) is 18.5. The average Bonchev–Trinajstić information content (AvgIpc) is 3.31. The fourth-order valence-electron chi connectivity index (χ4n) is 4.59. The number of hydrogen-bond acceptors (Lipinski definition) is 5. The molecule has 0 bridgehead atoms. The molecule has 2 N–H and O–H groups in total. The molecule has 3 aromatic carbocycles. The van der Waals surface area contributed by atoms with Crippen molar-refractivity contribution in [3.05, 3.63) is 103 Å². The molecule has 0 aliphatic carbocycles. The van der Waals surface area contributed by atoms with E-state index in [-0.39, 0.29) is 0 Å². The number of para-hydroxylation sites is 4. The summed E-state index contributed by atoms with van der Waals surface area (Å²) < 4.78 is 7.89. The number of aliphatic carboxylic acids is 2. The van der Waals surface area contributed by atoms with E-state index in [9.17, 15) is 9.59 Å². The number of ether oxygens (including phenoxy) is 1. The highest BCUT2D eigenvalue weighted by molar-refractivity contribution is 5.89. The predicted molar refractivity (Wildman–Crippen MR) is 148 cm³/mol. The standard InChI is InChI=1S/C26H27N3O.C4H4O4/c1-30-26-14-8-7-13-25(26)29-20-21(23-11-5-6-12-24(23)29)19-27-15-17-28(18-16-27)22-9-3-2-4-10-22;5-3(6)1-2-4(7)8/h2-14,20H,15-19H2,1H3;1-2H,(H,5,6)(H,7,8)/b;2-1+. The summed E-state index contributed by atoms with van der Waals surface area (Å²) in [5.41, 5.74) is 4.99. The van der Waals surface area contributed by atoms with E-state index < -0.39 is 11.9 Å². The van der Waals surface area contributed by atoms with Gasteiger partial charge in [0.1, 0.15) is 5.75 Å². The van der Waals surface area contributed by atoms with Gasteiger partial charge in [-0.15, -0.1) is 0 Å². The van der Waals surface area contributed by atoms with Gasteiger partial charge in [0.15, 0.2) is 0 Å². The number of hydrogen-bond donors (Lipinski definition) is 2. The highest BCUT2D eigenvalue weighted by Gasteiger charge is 2.19. The summed E-state index contributed by atoms with van der Waals surface area (Å²) in [5, 5.41) is 16.9. The molecule has 38 heavy (non-hydrogen) atoms. The number of aromatic nitrogens is 1. The first kappa shape index (κ1) is 26.5. The average molecular weight is 514 g/mol. The lowest BCUT2D eigenvalue weighted by Gasteiger charge is -2.36. The van der Waals surface area contributed by atoms with E-state index in [2.05, 4.69) is 87.3 Å². The maximum atomic E-state index is 9.55. The van der Waals surface area contributed by atoms with Crippen LogP contribution >= 0.6 is 0 Å². The molecule has 0 unspecified atom stereocenters. The Balaban J connectivity index is 0.000000368. The third-order valence-corrected chi connectivity index (χ3v) is 6.40. The van der Waals surface area contributed by atoms with Crippen LogP contribution in [0.2, 0.25) is 0 Å². The van der Waals surface area contributed by atoms with Crippen LogP contribution in [-0.2, 0) is 16.1 Å². The molecular formula is C30H31N3O5. The Hall–Kier alpha value is -4.56. The van der Waals surface area contributed by atoms with Crippen molar-refractivity contribution in [3.63, 3.8) is 0 Å². The van der Waals surface area contributed by atoms with Crippen LogP contribution in [0.15, 0.2) is 97.2 Å². The first-order valence-electron chi connectivity index (χ1n) is 12.3. The van der Waals surface area contributed by atoms with Crippen LogP contribution in [0.5, 0.6) is 5.75 Å². The zero-order chi connectivity index (χ0) is 26.9. The summed E-state index contributed by atoms with van der Waals surface area (Å²) >= 11 is 0. The quantitative estimate of drug-likeness (QED) is 0.347. The molecule has 1 aliphatic heterocycles. The summed E-state index contributed by atoms with van der Waals surface area (Å²) in [6, 6.07) is 27.6. The number of benzene rings is 3. The number of anilines is 1. The van der Waals surface area contributed by atoms with Gasteiger partial charge in [-0.3, -0.25) is 4.90 Å². The van der Waals surface area contributed by atoms with E-state index in [1.165, 1.54) is 22.2 Å². The zero-order valence-corrected chi connectivity index (χ0v) is 21.2. The van der Waals surface area contributed by atoms with Gasteiger partial charge in [-0.2, -0.15) is 0 Å².